The molecule has 0 radical (unpaired) electrons. The van der Waals surface area contributed by atoms with Crippen molar-refractivity contribution in [3.8, 4) is 5.75 Å². The van der Waals surface area contributed by atoms with Gasteiger partial charge in [0.2, 0.25) is 10.0 Å². The molecule has 0 aliphatic heterocycles. The zero-order valence-corrected chi connectivity index (χ0v) is 16.9. The maximum Gasteiger partial charge on any atom is 0.338 e. The van der Waals surface area contributed by atoms with Crippen molar-refractivity contribution < 1.29 is 27.5 Å². The van der Waals surface area contributed by atoms with Crippen LogP contribution in [0.4, 0.5) is 5.69 Å². The van der Waals surface area contributed by atoms with Gasteiger partial charge in [-0.15, -0.1) is 0 Å². The highest BCUT2D eigenvalue weighted by Gasteiger charge is 2.28. The molecule has 0 atom stereocenters. The number of rotatable bonds is 8. The van der Waals surface area contributed by atoms with Gasteiger partial charge in [-0.2, -0.15) is 0 Å². The van der Waals surface area contributed by atoms with Crippen LogP contribution in [0.3, 0.4) is 0 Å². The van der Waals surface area contributed by atoms with E-state index < -0.39 is 28.5 Å². The number of esters is 1. The lowest BCUT2D eigenvalue weighted by Gasteiger charge is -2.11. The molecule has 8 nitrogen and oxygen atoms in total. The summed E-state index contributed by atoms with van der Waals surface area (Å²) in [5.74, 6) is -0.719. The van der Waals surface area contributed by atoms with Crippen LogP contribution in [0.15, 0.2) is 47.4 Å². The molecule has 0 spiro atoms. The van der Waals surface area contributed by atoms with E-state index >= 15 is 0 Å². The van der Waals surface area contributed by atoms with Gasteiger partial charge in [-0.3, -0.25) is 4.79 Å². The molecule has 2 aromatic rings. The number of hydrogen-bond acceptors (Lipinski definition) is 6. The first-order valence-corrected chi connectivity index (χ1v) is 10.5. The van der Waals surface area contributed by atoms with Crippen molar-refractivity contribution in [3.05, 3.63) is 53.6 Å². The van der Waals surface area contributed by atoms with Crippen molar-refractivity contribution in [3.63, 3.8) is 0 Å². The van der Waals surface area contributed by atoms with Gasteiger partial charge in [0.25, 0.3) is 5.91 Å². The van der Waals surface area contributed by atoms with Crippen molar-refractivity contribution in [1.29, 1.82) is 0 Å². The van der Waals surface area contributed by atoms with Gasteiger partial charge in [-0.1, -0.05) is 12.1 Å². The molecule has 3 rings (SSSR count). The summed E-state index contributed by atoms with van der Waals surface area (Å²) in [4.78, 5) is 24.4. The monoisotopic (exact) mass is 418 g/mol. The van der Waals surface area contributed by atoms with Crippen LogP contribution in [0, 0.1) is 6.92 Å². The molecule has 1 aliphatic rings. The predicted molar refractivity (Wildman–Crippen MR) is 106 cm³/mol. The Balaban J connectivity index is 1.63. The molecule has 0 aromatic heterocycles. The van der Waals surface area contributed by atoms with E-state index in [9.17, 15) is 18.0 Å². The first-order chi connectivity index (χ1) is 13.8. The summed E-state index contributed by atoms with van der Waals surface area (Å²) in [6.45, 7) is 1.16. The molecular weight excluding hydrogens is 396 g/mol. The van der Waals surface area contributed by atoms with E-state index in [1.807, 2.05) is 0 Å². The third-order valence-corrected chi connectivity index (χ3v) is 5.84. The van der Waals surface area contributed by atoms with Gasteiger partial charge in [0.05, 0.1) is 17.6 Å². The van der Waals surface area contributed by atoms with E-state index in [4.69, 9.17) is 9.47 Å². The third-order valence-electron chi connectivity index (χ3n) is 4.33. The second-order valence-electron chi connectivity index (χ2n) is 6.73. The summed E-state index contributed by atoms with van der Waals surface area (Å²) < 4.78 is 37.4. The van der Waals surface area contributed by atoms with E-state index in [1.165, 1.54) is 25.3 Å². The molecule has 0 saturated heterocycles. The van der Waals surface area contributed by atoms with Crippen LogP contribution >= 0.6 is 0 Å². The average Bonchev–Trinajstić information content (AvgIpc) is 3.49. The van der Waals surface area contributed by atoms with Gasteiger partial charge in [0, 0.05) is 17.8 Å². The van der Waals surface area contributed by atoms with Gasteiger partial charge in [-0.05, 0) is 49.6 Å². The van der Waals surface area contributed by atoms with E-state index in [2.05, 4.69) is 10.0 Å². The van der Waals surface area contributed by atoms with Gasteiger partial charge in [-0.25, -0.2) is 17.9 Å². The Hall–Kier alpha value is -2.91. The lowest BCUT2D eigenvalue weighted by molar-refractivity contribution is -0.119. The molecule has 154 valence electrons. The maximum atomic E-state index is 12.4. The zero-order chi connectivity index (χ0) is 21.0. The number of amides is 1. The molecule has 2 aromatic carbocycles. The quantitative estimate of drug-likeness (QED) is 0.636. The summed E-state index contributed by atoms with van der Waals surface area (Å²) >= 11 is 0. The van der Waals surface area contributed by atoms with Crippen LogP contribution in [0.5, 0.6) is 5.75 Å². The van der Waals surface area contributed by atoms with Crippen molar-refractivity contribution in [2.24, 2.45) is 0 Å². The fourth-order valence-electron chi connectivity index (χ4n) is 2.58. The number of nitrogens with one attached hydrogen (secondary N) is 2. The summed E-state index contributed by atoms with van der Waals surface area (Å²) in [6.07, 6.45) is 1.62. The SMILES string of the molecule is COc1cccc(NC(=O)COC(=O)c2cc(S(=O)(=O)NC3CC3)ccc2C)c1. The summed E-state index contributed by atoms with van der Waals surface area (Å²) in [7, 11) is -2.18. The molecule has 0 bridgehead atoms. The van der Waals surface area contributed by atoms with Crippen LogP contribution in [-0.4, -0.2) is 40.1 Å². The number of anilines is 1. The number of carbonyl (C=O) groups excluding carboxylic acids is 2. The lowest BCUT2D eigenvalue weighted by Crippen LogP contribution is -2.26. The van der Waals surface area contributed by atoms with Crippen LogP contribution in [0.1, 0.15) is 28.8 Å². The molecule has 1 saturated carbocycles. The molecule has 1 aliphatic carbocycles. The van der Waals surface area contributed by atoms with Crippen LogP contribution in [-0.2, 0) is 19.6 Å². The van der Waals surface area contributed by atoms with Crippen molar-refractivity contribution in [2.75, 3.05) is 19.0 Å². The Morgan fingerprint density at radius 3 is 2.59 bits per heavy atom. The molecule has 9 heteroatoms. The smallest absolute Gasteiger partial charge is 0.338 e. The second kappa shape index (κ2) is 8.62. The van der Waals surface area contributed by atoms with Crippen LogP contribution in [0.25, 0.3) is 0 Å². The zero-order valence-electron chi connectivity index (χ0n) is 16.1. The number of ether oxygens (including phenoxy) is 2. The van der Waals surface area contributed by atoms with Gasteiger partial charge < -0.3 is 14.8 Å². The second-order valence-corrected chi connectivity index (χ2v) is 8.44. The van der Waals surface area contributed by atoms with E-state index in [1.54, 1.807) is 31.2 Å². The predicted octanol–water partition coefficient (Wildman–Crippen LogP) is 2.24. The van der Waals surface area contributed by atoms with Crippen molar-refractivity contribution >= 4 is 27.6 Å². The Labute approximate surface area is 169 Å². The fourth-order valence-corrected chi connectivity index (χ4v) is 3.91. The minimum absolute atomic E-state index is 0.0113. The fraction of sp³-hybridized carbons (Fsp3) is 0.300. The standard InChI is InChI=1S/C20H22N2O6S/c1-13-6-9-17(29(25,26)22-14-7-8-14)11-18(13)20(24)28-12-19(23)21-15-4-3-5-16(10-15)27-2/h3-6,9-11,14,22H,7-8,12H2,1-2H3,(H,21,23). The highest BCUT2D eigenvalue weighted by Crippen LogP contribution is 2.23. The van der Waals surface area contributed by atoms with Crippen molar-refractivity contribution in [1.82, 2.24) is 4.72 Å². The molecular formula is C20H22N2O6S. The topological polar surface area (TPSA) is 111 Å². The molecule has 0 unspecified atom stereocenters. The Morgan fingerprint density at radius 2 is 1.90 bits per heavy atom. The van der Waals surface area contributed by atoms with E-state index in [0.717, 1.165) is 12.8 Å². The molecule has 1 fully saturated rings. The summed E-state index contributed by atoms with van der Waals surface area (Å²) in [6, 6.07) is 10.9. The number of carbonyl (C=O) groups is 2. The molecule has 29 heavy (non-hydrogen) atoms. The number of benzene rings is 2. The molecule has 1 amide bonds. The van der Waals surface area contributed by atoms with Gasteiger partial charge in [0.15, 0.2) is 6.61 Å². The minimum atomic E-state index is -3.70. The Morgan fingerprint density at radius 1 is 1.14 bits per heavy atom. The lowest BCUT2D eigenvalue weighted by atomic mass is 10.1. The molecule has 2 N–H and O–H groups in total. The van der Waals surface area contributed by atoms with Crippen LogP contribution in [0.2, 0.25) is 0 Å². The van der Waals surface area contributed by atoms with Gasteiger partial charge >= 0.3 is 5.97 Å². The first kappa shape index (κ1) is 20.8. The highest BCUT2D eigenvalue weighted by molar-refractivity contribution is 7.89. The van der Waals surface area contributed by atoms with Gasteiger partial charge in [0.1, 0.15) is 5.75 Å². The number of sulfonamides is 1. The minimum Gasteiger partial charge on any atom is -0.497 e. The number of hydrogen-bond donors (Lipinski definition) is 2. The van der Waals surface area contributed by atoms with E-state index in [0.29, 0.717) is 17.0 Å². The van der Waals surface area contributed by atoms with E-state index in [-0.39, 0.29) is 16.5 Å². The largest absolute Gasteiger partial charge is 0.497 e. The first-order valence-electron chi connectivity index (χ1n) is 9.02. The maximum absolute atomic E-state index is 12.4. The third kappa shape index (κ3) is 5.55. The van der Waals surface area contributed by atoms with Crippen molar-refractivity contribution in [2.45, 2.75) is 30.7 Å². The average molecular weight is 418 g/mol. The van der Waals surface area contributed by atoms with Crippen LogP contribution < -0.4 is 14.8 Å². The number of methoxy groups -OCH3 is 1. The summed E-state index contributed by atoms with van der Waals surface area (Å²) in [5.41, 5.74) is 1.15. The molecule has 0 heterocycles. The Bertz CT molecular complexity index is 1030. The highest BCUT2D eigenvalue weighted by atomic mass is 32.2. The normalized spacial score (nSPS) is 13.6. The number of aryl methyl sites for hydroxylation is 1. The summed E-state index contributed by atoms with van der Waals surface area (Å²) in [5, 5.41) is 2.60. The Kier molecular flexibility index (Phi) is 6.19.